The first kappa shape index (κ1) is 19.6. The fraction of sp³-hybridized carbons (Fsp3) is 0.136. The summed E-state index contributed by atoms with van der Waals surface area (Å²) in [7, 11) is -3.33. The molecule has 0 heterocycles. The van der Waals surface area contributed by atoms with Crippen LogP contribution in [0.4, 0.5) is 11.4 Å². The Hall–Kier alpha value is -3.12. The number of benzene rings is 3. The van der Waals surface area contributed by atoms with Crippen LogP contribution < -0.4 is 10.0 Å². The molecule has 3 aromatic carbocycles. The van der Waals surface area contributed by atoms with E-state index in [0.717, 1.165) is 11.1 Å². The zero-order valence-corrected chi connectivity index (χ0v) is 16.3. The summed E-state index contributed by atoms with van der Waals surface area (Å²) in [6, 6.07) is 25.8. The van der Waals surface area contributed by atoms with Crippen LogP contribution in [-0.4, -0.2) is 20.1 Å². The second-order valence-corrected chi connectivity index (χ2v) is 8.34. The smallest absolute Gasteiger partial charge is 0.236 e. The topological polar surface area (TPSA) is 75.3 Å². The molecule has 1 amide bonds. The van der Waals surface area contributed by atoms with Gasteiger partial charge in [-0.1, -0.05) is 60.7 Å². The van der Waals surface area contributed by atoms with Crippen molar-refractivity contribution in [3.05, 3.63) is 96.1 Å². The minimum absolute atomic E-state index is 0.00131. The van der Waals surface area contributed by atoms with Crippen molar-refractivity contribution in [3.63, 3.8) is 0 Å². The van der Waals surface area contributed by atoms with Crippen LogP contribution in [0.15, 0.2) is 84.9 Å². The van der Waals surface area contributed by atoms with E-state index in [1.165, 1.54) is 0 Å². The van der Waals surface area contributed by atoms with Crippen molar-refractivity contribution in [2.24, 2.45) is 0 Å². The van der Waals surface area contributed by atoms with Gasteiger partial charge in [0.2, 0.25) is 15.9 Å². The first-order valence-electron chi connectivity index (χ1n) is 9.00. The Labute approximate surface area is 165 Å². The van der Waals surface area contributed by atoms with Gasteiger partial charge in [-0.3, -0.25) is 9.52 Å². The SMILES string of the molecule is CCS(=O)(=O)Nc1ccc(NC(=O)C(c2ccccc2)c2ccccc2)cc1. The normalized spacial score (nSPS) is 11.2. The second kappa shape index (κ2) is 8.71. The van der Waals surface area contributed by atoms with Gasteiger partial charge in [-0.15, -0.1) is 0 Å². The van der Waals surface area contributed by atoms with E-state index in [9.17, 15) is 13.2 Å². The minimum Gasteiger partial charge on any atom is -0.325 e. The number of carbonyl (C=O) groups excluding carboxylic acids is 1. The van der Waals surface area contributed by atoms with Crippen molar-refractivity contribution in [2.75, 3.05) is 15.8 Å². The number of sulfonamides is 1. The lowest BCUT2D eigenvalue weighted by Gasteiger charge is -2.18. The van der Waals surface area contributed by atoms with E-state index in [2.05, 4.69) is 10.0 Å². The second-order valence-electron chi connectivity index (χ2n) is 6.33. The summed E-state index contributed by atoms with van der Waals surface area (Å²) in [5.41, 5.74) is 2.86. The van der Waals surface area contributed by atoms with Crippen molar-refractivity contribution in [2.45, 2.75) is 12.8 Å². The average Bonchev–Trinajstić information content (AvgIpc) is 2.71. The van der Waals surface area contributed by atoms with Crippen molar-refractivity contribution >= 4 is 27.3 Å². The standard InChI is InChI=1S/C22H22N2O3S/c1-2-28(26,27)24-20-15-13-19(14-16-20)23-22(25)21(17-9-5-3-6-10-17)18-11-7-4-8-12-18/h3-16,21,24H,2H2,1H3,(H,23,25). The van der Waals surface area contributed by atoms with Gasteiger partial charge < -0.3 is 5.32 Å². The zero-order valence-electron chi connectivity index (χ0n) is 15.5. The summed E-state index contributed by atoms with van der Waals surface area (Å²) in [6.07, 6.45) is 0. The molecule has 144 valence electrons. The highest BCUT2D eigenvalue weighted by Crippen LogP contribution is 2.26. The molecule has 0 aliphatic carbocycles. The number of rotatable bonds is 7. The highest BCUT2D eigenvalue weighted by molar-refractivity contribution is 7.92. The van der Waals surface area contributed by atoms with Crippen molar-refractivity contribution in [1.82, 2.24) is 0 Å². The summed E-state index contributed by atoms with van der Waals surface area (Å²) >= 11 is 0. The summed E-state index contributed by atoms with van der Waals surface area (Å²) < 4.78 is 25.8. The van der Waals surface area contributed by atoms with Crippen molar-refractivity contribution in [1.29, 1.82) is 0 Å². The van der Waals surface area contributed by atoms with Gasteiger partial charge in [-0.25, -0.2) is 8.42 Å². The predicted octanol–water partition coefficient (Wildman–Crippen LogP) is 4.22. The monoisotopic (exact) mass is 394 g/mol. The zero-order chi connectivity index (χ0) is 20.0. The van der Waals surface area contributed by atoms with Gasteiger partial charge in [0.25, 0.3) is 0 Å². The van der Waals surface area contributed by atoms with Gasteiger partial charge in [0.15, 0.2) is 0 Å². The van der Waals surface area contributed by atoms with Crippen molar-refractivity contribution < 1.29 is 13.2 Å². The number of carbonyl (C=O) groups is 1. The third-order valence-electron chi connectivity index (χ3n) is 4.33. The first-order valence-corrected chi connectivity index (χ1v) is 10.6. The van der Waals surface area contributed by atoms with Crippen LogP contribution in [0.3, 0.4) is 0 Å². The number of anilines is 2. The van der Waals surface area contributed by atoms with Gasteiger partial charge in [0, 0.05) is 11.4 Å². The van der Waals surface area contributed by atoms with Crippen LogP contribution >= 0.6 is 0 Å². The molecule has 0 aliphatic rings. The van der Waals surface area contributed by atoms with Gasteiger partial charge >= 0.3 is 0 Å². The van der Waals surface area contributed by atoms with E-state index in [1.54, 1.807) is 31.2 Å². The lowest BCUT2D eigenvalue weighted by molar-refractivity contribution is -0.116. The Kier molecular flexibility index (Phi) is 6.11. The van der Waals surface area contributed by atoms with Gasteiger partial charge in [-0.05, 0) is 42.3 Å². The van der Waals surface area contributed by atoms with Gasteiger partial charge in [0.05, 0.1) is 11.7 Å². The molecule has 0 saturated heterocycles. The van der Waals surface area contributed by atoms with E-state index in [1.807, 2.05) is 60.7 Å². The lowest BCUT2D eigenvalue weighted by Crippen LogP contribution is -2.22. The number of nitrogens with one attached hydrogen (secondary N) is 2. The quantitative estimate of drug-likeness (QED) is 0.630. The maximum Gasteiger partial charge on any atom is 0.236 e. The number of amides is 1. The molecule has 6 heteroatoms. The van der Waals surface area contributed by atoms with Crippen molar-refractivity contribution in [3.8, 4) is 0 Å². The molecule has 0 fully saturated rings. The molecule has 0 spiro atoms. The van der Waals surface area contributed by atoms with E-state index in [-0.39, 0.29) is 11.7 Å². The molecule has 0 radical (unpaired) electrons. The Morgan fingerprint density at radius 3 is 1.71 bits per heavy atom. The van der Waals surface area contributed by atoms with Crippen LogP contribution in [-0.2, 0) is 14.8 Å². The Morgan fingerprint density at radius 2 is 1.25 bits per heavy atom. The van der Waals surface area contributed by atoms with Crippen LogP contribution in [0.5, 0.6) is 0 Å². The largest absolute Gasteiger partial charge is 0.325 e. The average molecular weight is 394 g/mol. The fourth-order valence-electron chi connectivity index (χ4n) is 2.87. The van der Waals surface area contributed by atoms with Crippen LogP contribution in [0, 0.1) is 0 Å². The Morgan fingerprint density at radius 1 is 0.786 bits per heavy atom. The maximum atomic E-state index is 13.1. The number of hydrogen-bond donors (Lipinski definition) is 2. The Balaban J connectivity index is 1.81. The fourth-order valence-corrected chi connectivity index (χ4v) is 3.51. The molecule has 0 atom stereocenters. The minimum atomic E-state index is -3.33. The van der Waals surface area contributed by atoms with Gasteiger partial charge in [0.1, 0.15) is 0 Å². The molecule has 5 nitrogen and oxygen atoms in total. The number of hydrogen-bond acceptors (Lipinski definition) is 3. The molecule has 0 bridgehead atoms. The lowest BCUT2D eigenvalue weighted by atomic mass is 9.90. The van der Waals surface area contributed by atoms with E-state index in [0.29, 0.717) is 11.4 Å². The summed E-state index contributed by atoms with van der Waals surface area (Å²) in [5.74, 6) is -0.596. The van der Waals surface area contributed by atoms with Crippen LogP contribution in [0.1, 0.15) is 24.0 Å². The summed E-state index contributed by atoms with van der Waals surface area (Å²) in [4.78, 5) is 13.1. The molecule has 3 rings (SSSR count). The highest BCUT2D eigenvalue weighted by Gasteiger charge is 2.22. The molecule has 0 aliphatic heterocycles. The van der Waals surface area contributed by atoms with Crippen LogP contribution in [0.25, 0.3) is 0 Å². The molecular formula is C22H22N2O3S. The molecule has 0 saturated carbocycles. The predicted molar refractivity (Wildman–Crippen MR) is 113 cm³/mol. The maximum absolute atomic E-state index is 13.1. The Bertz CT molecular complexity index is 979. The highest BCUT2D eigenvalue weighted by atomic mass is 32.2. The molecule has 0 aromatic heterocycles. The van der Waals surface area contributed by atoms with Gasteiger partial charge in [-0.2, -0.15) is 0 Å². The molecular weight excluding hydrogens is 372 g/mol. The molecule has 0 unspecified atom stereocenters. The van der Waals surface area contributed by atoms with E-state index < -0.39 is 15.9 Å². The summed E-state index contributed by atoms with van der Waals surface area (Å²) in [5, 5.41) is 2.93. The third kappa shape index (κ3) is 4.98. The van der Waals surface area contributed by atoms with E-state index in [4.69, 9.17) is 0 Å². The van der Waals surface area contributed by atoms with E-state index >= 15 is 0 Å². The molecule has 3 aromatic rings. The summed E-state index contributed by atoms with van der Waals surface area (Å²) in [6.45, 7) is 1.57. The molecule has 2 N–H and O–H groups in total. The van der Waals surface area contributed by atoms with Crippen LogP contribution in [0.2, 0.25) is 0 Å². The first-order chi connectivity index (χ1) is 13.5. The third-order valence-corrected chi connectivity index (χ3v) is 5.64. The molecule has 28 heavy (non-hydrogen) atoms.